The molecule has 0 saturated carbocycles. The monoisotopic (exact) mass is 530 g/mol. The summed E-state index contributed by atoms with van der Waals surface area (Å²) in [4.78, 5) is 22.3. The number of nitrogens with one attached hydrogen (secondary N) is 3. The largest absolute Gasteiger partial charge is 0.494 e. The van der Waals surface area contributed by atoms with E-state index in [0.29, 0.717) is 16.8 Å². The molecule has 0 bridgehead atoms. The van der Waals surface area contributed by atoms with Gasteiger partial charge in [0.25, 0.3) is 0 Å². The van der Waals surface area contributed by atoms with Crippen molar-refractivity contribution in [1.82, 2.24) is 49.9 Å². The standard InChI is InChI=1S/C11H11N5O.C8H7ClN2O.C3H5N3.ClH/c1-7-14-6-16(15-7)11-10-8(3-4-12-10)9(17-2)5-13-11;1-12-6-4-11-8(9)7-5(6)2-3-10-7;1-3-4-2-5-6-3;/h3-6,12H,1-2H3;2-4,10H,1H3;2H,1H3,(H,4,5,6);1H. The molecule has 6 aromatic rings. The molecule has 6 rings (SSSR count). The summed E-state index contributed by atoms with van der Waals surface area (Å²) in [6.07, 6.45) is 10.1. The third-order valence-corrected chi connectivity index (χ3v) is 5.14. The Morgan fingerprint density at radius 2 is 1.50 bits per heavy atom. The Morgan fingerprint density at radius 3 is 2.03 bits per heavy atom. The van der Waals surface area contributed by atoms with Gasteiger partial charge in [-0.1, -0.05) is 11.6 Å². The van der Waals surface area contributed by atoms with E-state index in [2.05, 4.69) is 45.2 Å². The van der Waals surface area contributed by atoms with Gasteiger partial charge in [-0.3, -0.25) is 5.10 Å². The summed E-state index contributed by atoms with van der Waals surface area (Å²) >= 11 is 5.83. The second-order valence-corrected chi connectivity index (χ2v) is 7.47. The van der Waals surface area contributed by atoms with Crippen molar-refractivity contribution in [1.29, 1.82) is 0 Å². The number of aromatic nitrogens is 10. The van der Waals surface area contributed by atoms with Gasteiger partial charge in [0.15, 0.2) is 11.0 Å². The molecule has 3 N–H and O–H groups in total. The van der Waals surface area contributed by atoms with Crippen LogP contribution in [0.2, 0.25) is 5.15 Å². The summed E-state index contributed by atoms with van der Waals surface area (Å²) in [6, 6.07) is 3.85. The lowest BCUT2D eigenvalue weighted by molar-refractivity contribution is 0.418. The molecule has 0 aliphatic heterocycles. The first kappa shape index (κ1) is 26.4. The van der Waals surface area contributed by atoms with Gasteiger partial charge < -0.3 is 19.4 Å². The Labute approximate surface area is 216 Å². The number of fused-ring (bicyclic) bond motifs is 2. The van der Waals surface area contributed by atoms with Crippen molar-refractivity contribution in [2.75, 3.05) is 14.2 Å². The molecule has 188 valence electrons. The highest BCUT2D eigenvalue weighted by Crippen LogP contribution is 2.28. The number of H-pyrrole nitrogens is 3. The molecular weight excluding hydrogens is 507 g/mol. The second kappa shape index (κ2) is 12.0. The average Bonchev–Trinajstić information content (AvgIpc) is 3.67. The van der Waals surface area contributed by atoms with Crippen LogP contribution >= 0.6 is 24.0 Å². The van der Waals surface area contributed by atoms with Crippen molar-refractivity contribution in [2.24, 2.45) is 0 Å². The van der Waals surface area contributed by atoms with Crippen LogP contribution in [0.5, 0.6) is 11.5 Å². The first-order valence-corrected chi connectivity index (χ1v) is 10.8. The fraction of sp³-hybridized carbons (Fsp3) is 0.182. The summed E-state index contributed by atoms with van der Waals surface area (Å²) in [5.74, 6) is 3.75. The molecule has 0 saturated heterocycles. The number of hydrogen-bond acceptors (Lipinski definition) is 8. The molecular formula is C22H24Cl2N10O2. The van der Waals surface area contributed by atoms with Gasteiger partial charge in [0, 0.05) is 23.2 Å². The molecule has 0 atom stereocenters. The Kier molecular flexibility index (Phi) is 8.81. The maximum Gasteiger partial charge on any atom is 0.179 e. The highest BCUT2D eigenvalue weighted by molar-refractivity contribution is 6.34. The van der Waals surface area contributed by atoms with Crippen LogP contribution in [0.4, 0.5) is 0 Å². The van der Waals surface area contributed by atoms with E-state index in [9.17, 15) is 0 Å². The predicted molar refractivity (Wildman–Crippen MR) is 138 cm³/mol. The fourth-order valence-electron chi connectivity index (χ4n) is 3.22. The van der Waals surface area contributed by atoms with E-state index in [0.717, 1.165) is 39.1 Å². The first-order valence-electron chi connectivity index (χ1n) is 10.4. The first-order chi connectivity index (χ1) is 17.0. The van der Waals surface area contributed by atoms with E-state index >= 15 is 0 Å². The number of aryl methyl sites for hydroxylation is 2. The minimum absolute atomic E-state index is 0. The number of ether oxygens (including phenoxy) is 2. The SMILES string of the molecule is COc1cnc(-n2cnc(C)n2)c2[nH]ccc12.COc1cnc(Cl)c2[nH]ccc12.Cc1ncn[nH]1.Cl. The van der Waals surface area contributed by atoms with Gasteiger partial charge in [0.2, 0.25) is 0 Å². The van der Waals surface area contributed by atoms with Crippen molar-refractivity contribution in [3.63, 3.8) is 0 Å². The highest BCUT2D eigenvalue weighted by atomic mass is 35.5. The van der Waals surface area contributed by atoms with E-state index in [4.69, 9.17) is 21.1 Å². The van der Waals surface area contributed by atoms with E-state index < -0.39 is 0 Å². The molecule has 6 heterocycles. The highest BCUT2D eigenvalue weighted by Gasteiger charge is 2.11. The number of aromatic amines is 3. The number of halogens is 2. The van der Waals surface area contributed by atoms with Gasteiger partial charge in [0.1, 0.15) is 35.8 Å². The smallest absolute Gasteiger partial charge is 0.179 e. The normalized spacial score (nSPS) is 10.1. The van der Waals surface area contributed by atoms with Gasteiger partial charge in [0.05, 0.1) is 37.6 Å². The summed E-state index contributed by atoms with van der Waals surface area (Å²) in [7, 11) is 3.24. The Morgan fingerprint density at radius 1 is 0.861 bits per heavy atom. The molecule has 0 fully saturated rings. The second-order valence-electron chi connectivity index (χ2n) is 7.11. The fourth-order valence-corrected chi connectivity index (χ4v) is 3.43. The molecule has 0 unspecified atom stereocenters. The molecule has 0 aliphatic rings. The zero-order chi connectivity index (χ0) is 24.8. The van der Waals surface area contributed by atoms with Crippen LogP contribution in [-0.2, 0) is 0 Å². The van der Waals surface area contributed by atoms with Crippen LogP contribution in [0, 0.1) is 13.8 Å². The molecule has 0 spiro atoms. The van der Waals surface area contributed by atoms with Crippen LogP contribution in [0.1, 0.15) is 11.6 Å². The Balaban J connectivity index is 0.000000165. The number of rotatable bonds is 3. The number of nitrogens with zero attached hydrogens (tertiary/aromatic N) is 7. The minimum Gasteiger partial charge on any atom is -0.494 e. The molecule has 36 heavy (non-hydrogen) atoms. The number of methoxy groups -OCH3 is 2. The maximum atomic E-state index is 5.83. The quantitative estimate of drug-likeness (QED) is 0.288. The third-order valence-electron chi connectivity index (χ3n) is 4.85. The summed E-state index contributed by atoms with van der Waals surface area (Å²) in [5, 5.41) is 12.9. The summed E-state index contributed by atoms with van der Waals surface area (Å²) in [5.41, 5.74) is 1.70. The lowest BCUT2D eigenvalue weighted by atomic mass is 10.3. The molecule has 0 aromatic carbocycles. The summed E-state index contributed by atoms with van der Waals surface area (Å²) in [6.45, 7) is 3.69. The Hall–Kier alpha value is -4.16. The van der Waals surface area contributed by atoms with E-state index in [1.165, 1.54) is 6.33 Å². The molecule has 14 heteroatoms. The number of hydrogen-bond donors (Lipinski definition) is 3. The van der Waals surface area contributed by atoms with Crippen LogP contribution in [-0.4, -0.2) is 64.1 Å². The molecule has 0 amide bonds. The molecule has 12 nitrogen and oxygen atoms in total. The summed E-state index contributed by atoms with van der Waals surface area (Å²) < 4.78 is 12.0. The lowest BCUT2D eigenvalue weighted by Crippen LogP contribution is -2.00. The zero-order valence-electron chi connectivity index (χ0n) is 19.9. The van der Waals surface area contributed by atoms with Crippen molar-refractivity contribution in [3.8, 4) is 17.3 Å². The van der Waals surface area contributed by atoms with Gasteiger partial charge in [-0.05, 0) is 26.0 Å². The molecule has 0 radical (unpaired) electrons. The van der Waals surface area contributed by atoms with E-state index in [-0.39, 0.29) is 12.4 Å². The van der Waals surface area contributed by atoms with Gasteiger partial charge in [-0.15, -0.1) is 12.4 Å². The van der Waals surface area contributed by atoms with Crippen LogP contribution in [0.15, 0.2) is 49.6 Å². The topological polar surface area (TPSA) is 148 Å². The molecule has 0 aliphatic carbocycles. The molecule has 6 aromatic heterocycles. The Bertz CT molecular complexity index is 1520. The number of pyridine rings is 2. The zero-order valence-corrected chi connectivity index (χ0v) is 21.4. The average molecular weight is 531 g/mol. The third kappa shape index (κ3) is 5.73. The van der Waals surface area contributed by atoms with Crippen LogP contribution in [0.3, 0.4) is 0 Å². The minimum atomic E-state index is 0. The van der Waals surface area contributed by atoms with E-state index in [1.807, 2.05) is 32.2 Å². The van der Waals surface area contributed by atoms with Crippen LogP contribution < -0.4 is 9.47 Å². The van der Waals surface area contributed by atoms with Crippen molar-refractivity contribution >= 4 is 45.8 Å². The maximum absolute atomic E-state index is 5.83. The van der Waals surface area contributed by atoms with Crippen molar-refractivity contribution in [3.05, 3.63) is 66.4 Å². The lowest BCUT2D eigenvalue weighted by Gasteiger charge is -2.05. The van der Waals surface area contributed by atoms with E-state index in [1.54, 1.807) is 43.8 Å². The van der Waals surface area contributed by atoms with Crippen LogP contribution in [0.25, 0.3) is 27.6 Å². The van der Waals surface area contributed by atoms with Gasteiger partial charge >= 0.3 is 0 Å². The van der Waals surface area contributed by atoms with Crippen molar-refractivity contribution in [2.45, 2.75) is 13.8 Å². The van der Waals surface area contributed by atoms with Gasteiger partial charge in [-0.25, -0.2) is 24.6 Å². The van der Waals surface area contributed by atoms with Crippen molar-refractivity contribution < 1.29 is 9.47 Å². The predicted octanol–water partition coefficient (Wildman–Crippen LogP) is 4.22. The van der Waals surface area contributed by atoms with Gasteiger partial charge in [-0.2, -0.15) is 10.2 Å².